The molecule has 0 atom stereocenters. The number of aromatic carboxylic acids is 1. The van der Waals surface area contributed by atoms with E-state index in [1.165, 1.54) is 41.3 Å². The predicted molar refractivity (Wildman–Crippen MR) is 67.8 cm³/mol. The lowest BCUT2D eigenvalue weighted by molar-refractivity contribution is 0.0696. The highest BCUT2D eigenvalue weighted by Gasteiger charge is 2.12. The normalized spacial score (nSPS) is 10.3. The summed E-state index contributed by atoms with van der Waals surface area (Å²) in [4.78, 5) is 12.2. The first kappa shape index (κ1) is 13.0. The van der Waals surface area contributed by atoms with Crippen molar-refractivity contribution in [1.29, 1.82) is 0 Å². The molecule has 0 aliphatic heterocycles. The zero-order valence-corrected chi connectivity index (χ0v) is 10.1. The molecule has 3 nitrogen and oxygen atoms in total. The summed E-state index contributed by atoms with van der Waals surface area (Å²) in [5.41, 5.74) is 0.703. The van der Waals surface area contributed by atoms with Crippen LogP contribution in [0, 0.1) is 11.6 Å². The Hall–Kier alpha value is -2.43. The van der Waals surface area contributed by atoms with Crippen molar-refractivity contribution in [2.75, 3.05) is 11.9 Å². The largest absolute Gasteiger partial charge is 0.478 e. The van der Waals surface area contributed by atoms with Gasteiger partial charge in [-0.25, -0.2) is 13.6 Å². The van der Waals surface area contributed by atoms with E-state index in [4.69, 9.17) is 5.11 Å². The third-order valence-electron chi connectivity index (χ3n) is 2.77. The molecule has 98 valence electrons. The molecule has 0 aliphatic rings. The quantitative estimate of drug-likeness (QED) is 0.922. The lowest BCUT2D eigenvalue weighted by Gasteiger charge is -2.20. The van der Waals surface area contributed by atoms with Crippen molar-refractivity contribution >= 4 is 17.3 Å². The summed E-state index contributed by atoms with van der Waals surface area (Å²) < 4.78 is 26.7. The average molecular weight is 263 g/mol. The molecule has 0 bridgehead atoms. The number of carboxylic acid groups (broad SMARTS) is 1. The number of nitrogens with zero attached hydrogens (tertiary/aromatic N) is 1. The minimum Gasteiger partial charge on any atom is -0.478 e. The Balaban J connectivity index is 2.36. The fourth-order valence-electron chi connectivity index (χ4n) is 1.72. The van der Waals surface area contributed by atoms with Crippen LogP contribution in [0.1, 0.15) is 10.4 Å². The third-order valence-corrected chi connectivity index (χ3v) is 2.77. The molecule has 2 rings (SSSR count). The van der Waals surface area contributed by atoms with Gasteiger partial charge in [-0.05, 0) is 42.5 Å². The molecule has 0 fully saturated rings. The van der Waals surface area contributed by atoms with Gasteiger partial charge in [0.2, 0.25) is 0 Å². The number of hydrogen-bond donors (Lipinski definition) is 1. The van der Waals surface area contributed by atoms with Gasteiger partial charge in [0.1, 0.15) is 11.6 Å². The zero-order chi connectivity index (χ0) is 14.0. The molecular weight excluding hydrogens is 252 g/mol. The summed E-state index contributed by atoms with van der Waals surface area (Å²) in [6.45, 7) is 0. The number of hydrogen-bond acceptors (Lipinski definition) is 2. The van der Waals surface area contributed by atoms with Crippen LogP contribution < -0.4 is 4.90 Å². The van der Waals surface area contributed by atoms with Crippen molar-refractivity contribution in [3.8, 4) is 0 Å². The van der Waals surface area contributed by atoms with E-state index in [1.54, 1.807) is 7.05 Å². The Labute approximate surface area is 108 Å². The molecule has 1 N–H and O–H groups in total. The number of rotatable bonds is 3. The molecule has 0 radical (unpaired) electrons. The van der Waals surface area contributed by atoms with Gasteiger partial charge in [0, 0.05) is 12.7 Å². The molecule has 0 heterocycles. The van der Waals surface area contributed by atoms with Crippen LogP contribution in [0.2, 0.25) is 0 Å². The van der Waals surface area contributed by atoms with Crippen molar-refractivity contribution in [1.82, 2.24) is 0 Å². The summed E-state index contributed by atoms with van der Waals surface area (Å²) in [6, 6.07) is 9.23. The predicted octanol–water partition coefficient (Wildman–Crippen LogP) is 3.43. The summed E-state index contributed by atoms with van der Waals surface area (Å²) >= 11 is 0. The highest BCUT2D eigenvalue weighted by molar-refractivity contribution is 5.88. The van der Waals surface area contributed by atoms with Gasteiger partial charge in [-0.3, -0.25) is 0 Å². The molecule has 0 spiro atoms. The van der Waals surface area contributed by atoms with E-state index in [9.17, 15) is 13.6 Å². The number of carboxylic acids is 1. The molecular formula is C14H11F2NO2. The Bertz CT molecular complexity index is 611. The Morgan fingerprint density at radius 2 is 1.74 bits per heavy atom. The van der Waals surface area contributed by atoms with Crippen LogP contribution in [-0.2, 0) is 0 Å². The van der Waals surface area contributed by atoms with Gasteiger partial charge in [0.25, 0.3) is 0 Å². The van der Waals surface area contributed by atoms with Crippen molar-refractivity contribution in [3.63, 3.8) is 0 Å². The molecule has 2 aromatic rings. The average Bonchev–Trinajstić information content (AvgIpc) is 2.38. The van der Waals surface area contributed by atoms with E-state index in [2.05, 4.69) is 0 Å². The minimum absolute atomic E-state index is 0.117. The zero-order valence-electron chi connectivity index (χ0n) is 10.1. The van der Waals surface area contributed by atoms with Gasteiger partial charge in [0.05, 0.1) is 11.3 Å². The molecule has 0 aliphatic carbocycles. The standard InChI is InChI=1S/C14H11F2NO2/c1-17(11-5-3-10(15)4-6-11)13-7-2-9(14(18)19)8-12(13)16/h2-8H,1H3,(H,18,19). The molecule has 0 saturated carbocycles. The van der Waals surface area contributed by atoms with Gasteiger partial charge in [-0.2, -0.15) is 0 Å². The molecule has 0 saturated heterocycles. The molecule has 5 heteroatoms. The molecule has 19 heavy (non-hydrogen) atoms. The second-order valence-corrected chi connectivity index (χ2v) is 4.01. The fourth-order valence-corrected chi connectivity index (χ4v) is 1.72. The summed E-state index contributed by atoms with van der Waals surface area (Å²) in [6.07, 6.45) is 0. The van der Waals surface area contributed by atoms with Gasteiger partial charge >= 0.3 is 5.97 Å². The summed E-state index contributed by atoms with van der Waals surface area (Å²) in [7, 11) is 1.62. The van der Waals surface area contributed by atoms with Gasteiger partial charge in [0.15, 0.2) is 0 Å². The van der Waals surface area contributed by atoms with Crippen LogP contribution in [0.25, 0.3) is 0 Å². The van der Waals surface area contributed by atoms with Crippen molar-refractivity contribution in [3.05, 3.63) is 59.7 Å². The second-order valence-electron chi connectivity index (χ2n) is 4.01. The fraction of sp³-hybridized carbons (Fsp3) is 0.0714. The van der Waals surface area contributed by atoms with E-state index >= 15 is 0 Å². The molecule has 0 aromatic heterocycles. The van der Waals surface area contributed by atoms with Crippen LogP contribution in [0.3, 0.4) is 0 Å². The van der Waals surface area contributed by atoms with Crippen LogP contribution in [0.4, 0.5) is 20.2 Å². The monoisotopic (exact) mass is 263 g/mol. The number of halogens is 2. The van der Waals surface area contributed by atoms with E-state index < -0.39 is 11.8 Å². The molecule has 2 aromatic carbocycles. The third kappa shape index (κ3) is 2.70. The van der Waals surface area contributed by atoms with Crippen LogP contribution >= 0.6 is 0 Å². The van der Waals surface area contributed by atoms with Crippen molar-refractivity contribution < 1.29 is 18.7 Å². The Morgan fingerprint density at radius 1 is 1.11 bits per heavy atom. The second kappa shape index (κ2) is 5.06. The van der Waals surface area contributed by atoms with Gasteiger partial charge < -0.3 is 10.0 Å². The SMILES string of the molecule is CN(c1ccc(F)cc1)c1ccc(C(=O)O)cc1F. The number of anilines is 2. The Morgan fingerprint density at radius 3 is 2.26 bits per heavy atom. The van der Waals surface area contributed by atoms with Crippen LogP contribution in [0.15, 0.2) is 42.5 Å². The number of benzene rings is 2. The summed E-state index contributed by atoms with van der Waals surface area (Å²) in [5, 5.41) is 8.76. The van der Waals surface area contributed by atoms with Crippen molar-refractivity contribution in [2.45, 2.75) is 0 Å². The first-order valence-corrected chi connectivity index (χ1v) is 5.51. The molecule has 0 unspecified atom stereocenters. The van der Waals surface area contributed by atoms with E-state index in [1.807, 2.05) is 0 Å². The maximum Gasteiger partial charge on any atom is 0.335 e. The van der Waals surface area contributed by atoms with E-state index in [-0.39, 0.29) is 17.1 Å². The maximum atomic E-state index is 13.8. The van der Waals surface area contributed by atoms with E-state index in [0.717, 1.165) is 6.07 Å². The van der Waals surface area contributed by atoms with E-state index in [0.29, 0.717) is 5.69 Å². The highest BCUT2D eigenvalue weighted by Crippen LogP contribution is 2.26. The smallest absolute Gasteiger partial charge is 0.335 e. The van der Waals surface area contributed by atoms with Crippen LogP contribution in [0.5, 0.6) is 0 Å². The molecule has 0 amide bonds. The highest BCUT2D eigenvalue weighted by atomic mass is 19.1. The van der Waals surface area contributed by atoms with Gasteiger partial charge in [-0.15, -0.1) is 0 Å². The van der Waals surface area contributed by atoms with Crippen LogP contribution in [-0.4, -0.2) is 18.1 Å². The van der Waals surface area contributed by atoms with Crippen molar-refractivity contribution in [2.24, 2.45) is 0 Å². The maximum absolute atomic E-state index is 13.8. The lowest BCUT2D eigenvalue weighted by Crippen LogP contribution is -2.12. The first-order valence-electron chi connectivity index (χ1n) is 5.51. The Kier molecular flexibility index (Phi) is 3.46. The first-order chi connectivity index (χ1) is 8.99. The summed E-state index contributed by atoms with van der Waals surface area (Å²) in [5.74, 6) is -2.21. The topological polar surface area (TPSA) is 40.5 Å². The van der Waals surface area contributed by atoms with Gasteiger partial charge in [-0.1, -0.05) is 0 Å². The number of carbonyl (C=O) groups is 1. The lowest BCUT2D eigenvalue weighted by atomic mass is 10.1. The minimum atomic E-state index is -1.19.